The summed E-state index contributed by atoms with van der Waals surface area (Å²) in [7, 11) is 2.07. The summed E-state index contributed by atoms with van der Waals surface area (Å²) in [6, 6.07) is 16.3. The van der Waals surface area contributed by atoms with Gasteiger partial charge in [-0.3, -0.25) is 15.3 Å². The van der Waals surface area contributed by atoms with Crippen molar-refractivity contribution in [2.75, 3.05) is 13.6 Å². The minimum Gasteiger partial charge on any atom is -0.388 e. The summed E-state index contributed by atoms with van der Waals surface area (Å²) >= 11 is 0. The molecule has 2 aromatic rings. The Morgan fingerprint density at radius 3 is 2.52 bits per heavy atom. The first-order valence-electron chi connectivity index (χ1n) is 7.15. The number of likely N-dealkylation sites (N-methyl/N-ethyl adjacent to an activating group) is 1. The van der Waals surface area contributed by atoms with Gasteiger partial charge in [0.05, 0.1) is 5.84 Å². The van der Waals surface area contributed by atoms with Crippen LogP contribution in [0.1, 0.15) is 23.7 Å². The van der Waals surface area contributed by atoms with E-state index in [0.717, 1.165) is 18.7 Å². The highest BCUT2D eigenvalue weighted by Crippen LogP contribution is 2.22. The van der Waals surface area contributed by atoms with Crippen molar-refractivity contribution in [3.63, 3.8) is 0 Å². The zero-order valence-corrected chi connectivity index (χ0v) is 12.4. The molecule has 1 unspecified atom stereocenters. The predicted octanol–water partition coefficient (Wildman–Crippen LogP) is 2.62. The molecular formula is C17H22N4. The van der Waals surface area contributed by atoms with E-state index in [1.807, 2.05) is 42.6 Å². The number of nitrogens with zero attached hydrogens (tertiary/aromatic N) is 2. The number of nitrogens with two attached hydrogens (primary N) is 1. The zero-order valence-electron chi connectivity index (χ0n) is 12.4. The van der Waals surface area contributed by atoms with Gasteiger partial charge in [-0.25, -0.2) is 0 Å². The molecule has 1 atom stereocenters. The van der Waals surface area contributed by atoms with Gasteiger partial charge in [0, 0.05) is 37.3 Å². The molecule has 0 saturated heterocycles. The molecule has 4 nitrogen and oxygen atoms in total. The van der Waals surface area contributed by atoms with Gasteiger partial charge < -0.3 is 5.73 Å². The van der Waals surface area contributed by atoms with E-state index in [4.69, 9.17) is 11.1 Å². The first kappa shape index (κ1) is 15.2. The number of amidine groups is 1. The van der Waals surface area contributed by atoms with E-state index < -0.39 is 0 Å². The Bertz CT molecular complexity index is 554. The largest absolute Gasteiger partial charge is 0.388 e. The molecule has 110 valence electrons. The van der Waals surface area contributed by atoms with Crippen molar-refractivity contribution in [2.24, 2.45) is 5.73 Å². The number of benzene rings is 1. The van der Waals surface area contributed by atoms with Crippen LogP contribution >= 0.6 is 0 Å². The van der Waals surface area contributed by atoms with Gasteiger partial charge >= 0.3 is 0 Å². The van der Waals surface area contributed by atoms with Crippen molar-refractivity contribution in [1.82, 2.24) is 9.88 Å². The average Bonchev–Trinajstić information content (AvgIpc) is 2.52. The van der Waals surface area contributed by atoms with Gasteiger partial charge in [0.1, 0.15) is 0 Å². The number of aromatic nitrogens is 1. The quantitative estimate of drug-likeness (QED) is 0.606. The van der Waals surface area contributed by atoms with E-state index >= 15 is 0 Å². The summed E-state index contributed by atoms with van der Waals surface area (Å²) in [5.74, 6) is 0.216. The Hall–Kier alpha value is -2.20. The summed E-state index contributed by atoms with van der Waals surface area (Å²) in [6.45, 7) is 0.879. The SMILES string of the molecule is CN(CCc1ccccn1)C(CC(=N)N)c1ccccc1. The van der Waals surface area contributed by atoms with Gasteiger partial charge in [-0.15, -0.1) is 0 Å². The van der Waals surface area contributed by atoms with Gasteiger partial charge in [0.15, 0.2) is 0 Å². The van der Waals surface area contributed by atoms with Crippen LogP contribution in [0.4, 0.5) is 0 Å². The summed E-state index contributed by atoms with van der Waals surface area (Å²) < 4.78 is 0. The lowest BCUT2D eigenvalue weighted by atomic mass is 10.0. The fourth-order valence-corrected chi connectivity index (χ4v) is 2.40. The fourth-order valence-electron chi connectivity index (χ4n) is 2.40. The Morgan fingerprint density at radius 2 is 1.90 bits per heavy atom. The Kier molecular flexibility index (Phi) is 5.46. The maximum atomic E-state index is 7.60. The minimum absolute atomic E-state index is 0.132. The number of hydrogen-bond donors (Lipinski definition) is 2. The van der Waals surface area contributed by atoms with Crippen LogP contribution in [-0.4, -0.2) is 29.3 Å². The van der Waals surface area contributed by atoms with Crippen molar-refractivity contribution in [2.45, 2.75) is 18.9 Å². The summed E-state index contributed by atoms with van der Waals surface area (Å²) in [5.41, 5.74) is 7.89. The van der Waals surface area contributed by atoms with Gasteiger partial charge in [-0.05, 0) is 24.7 Å². The number of rotatable bonds is 7. The number of pyridine rings is 1. The number of nitrogens with one attached hydrogen (secondary N) is 1. The molecule has 0 aliphatic heterocycles. The van der Waals surface area contributed by atoms with E-state index in [2.05, 4.69) is 29.1 Å². The maximum Gasteiger partial charge on any atom is 0.0924 e. The van der Waals surface area contributed by atoms with Crippen LogP contribution in [0.15, 0.2) is 54.7 Å². The molecule has 0 bridgehead atoms. The average molecular weight is 282 g/mol. The lowest BCUT2D eigenvalue weighted by Gasteiger charge is -2.28. The van der Waals surface area contributed by atoms with Crippen molar-refractivity contribution < 1.29 is 0 Å². The van der Waals surface area contributed by atoms with E-state index in [1.165, 1.54) is 5.56 Å². The monoisotopic (exact) mass is 282 g/mol. The van der Waals surface area contributed by atoms with E-state index in [9.17, 15) is 0 Å². The first-order valence-corrected chi connectivity index (χ1v) is 7.15. The van der Waals surface area contributed by atoms with Crippen molar-refractivity contribution in [3.05, 3.63) is 66.0 Å². The van der Waals surface area contributed by atoms with Crippen molar-refractivity contribution >= 4 is 5.84 Å². The van der Waals surface area contributed by atoms with Crippen LogP contribution in [0.2, 0.25) is 0 Å². The Labute approximate surface area is 126 Å². The smallest absolute Gasteiger partial charge is 0.0924 e. The molecule has 0 saturated carbocycles. The third-order valence-electron chi connectivity index (χ3n) is 3.58. The molecule has 0 amide bonds. The molecule has 0 aliphatic rings. The lowest BCUT2D eigenvalue weighted by Crippen LogP contribution is -2.30. The molecule has 0 fully saturated rings. The van der Waals surface area contributed by atoms with Crippen molar-refractivity contribution in [1.29, 1.82) is 5.41 Å². The molecule has 0 radical (unpaired) electrons. The second kappa shape index (κ2) is 7.55. The molecule has 1 aromatic carbocycles. The van der Waals surface area contributed by atoms with Gasteiger partial charge in [-0.2, -0.15) is 0 Å². The predicted molar refractivity (Wildman–Crippen MR) is 86.3 cm³/mol. The highest BCUT2D eigenvalue weighted by atomic mass is 15.1. The molecule has 21 heavy (non-hydrogen) atoms. The standard InChI is InChI=1S/C17H22N4/c1-21(12-10-15-9-5-6-11-20-15)16(13-17(18)19)14-7-3-2-4-8-14/h2-9,11,16H,10,12-13H2,1H3,(H3,18,19). The molecule has 1 aromatic heterocycles. The lowest BCUT2D eigenvalue weighted by molar-refractivity contribution is 0.252. The zero-order chi connectivity index (χ0) is 15.1. The van der Waals surface area contributed by atoms with E-state index in [1.54, 1.807) is 0 Å². The van der Waals surface area contributed by atoms with Gasteiger partial charge in [0.25, 0.3) is 0 Å². The molecule has 2 rings (SSSR count). The first-order chi connectivity index (χ1) is 10.2. The van der Waals surface area contributed by atoms with Crippen LogP contribution in [-0.2, 0) is 6.42 Å². The summed E-state index contributed by atoms with van der Waals surface area (Å²) in [5, 5.41) is 7.60. The van der Waals surface area contributed by atoms with Gasteiger partial charge in [0.2, 0.25) is 0 Å². The van der Waals surface area contributed by atoms with Crippen LogP contribution < -0.4 is 5.73 Å². The van der Waals surface area contributed by atoms with Crippen LogP contribution in [0.3, 0.4) is 0 Å². The van der Waals surface area contributed by atoms with Crippen LogP contribution in [0.25, 0.3) is 0 Å². The third-order valence-corrected chi connectivity index (χ3v) is 3.58. The number of hydrogen-bond acceptors (Lipinski definition) is 3. The fraction of sp³-hybridized carbons (Fsp3) is 0.294. The molecule has 0 aliphatic carbocycles. The second-order valence-electron chi connectivity index (χ2n) is 5.21. The molecular weight excluding hydrogens is 260 g/mol. The molecule has 0 spiro atoms. The Balaban J connectivity index is 2.04. The van der Waals surface area contributed by atoms with E-state index in [-0.39, 0.29) is 11.9 Å². The molecule has 1 heterocycles. The van der Waals surface area contributed by atoms with Gasteiger partial charge in [-0.1, -0.05) is 36.4 Å². The van der Waals surface area contributed by atoms with Crippen LogP contribution in [0.5, 0.6) is 0 Å². The highest BCUT2D eigenvalue weighted by molar-refractivity contribution is 5.77. The molecule has 4 heteroatoms. The third kappa shape index (κ3) is 4.68. The maximum absolute atomic E-state index is 7.60. The second-order valence-corrected chi connectivity index (χ2v) is 5.21. The summed E-state index contributed by atoms with van der Waals surface area (Å²) in [4.78, 5) is 6.59. The topological polar surface area (TPSA) is 66.0 Å². The Morgan fingerprint density at radius 1 is 1.19 bits per heavy atom. The normalized spacial score (nSPS) is 12.3. The van der Waals surface area contributed by atoms with Crippen LogP contribution in [0, 0.1) is 5.41 Å². The molecule has 3 N–H and O–H groups in total. The minimum atomic E-state index is 0.132. The van der Waals surface area contributed by atoms with Crippen molar-refractivity contribution in [3.8, 4) is 0 Å². The highest BCUT2D eigenvalue weighted by Gasteiger charge is 2.17. The van der Waals surface area contributed by atoms with E-state index in [0.29, 0.717) is 6.42 Å². The summed E-state index contributed by atoms with van der Waals surface area (Å²) in [6.07, 6.45) is 3.25.